The van der Waals surface area contributed by atoms with Crippen molar-refractivity contribution < 1.29 is 5.11 Å². The fourth-order valence-electron chi connectivity index (χ4n) is 4.31. The summed E-state index contributed by atoms with van der Waals surface area (Å²) in [5.41, 5.74) is 0.961. The Morgan fingerprint density at radius 3 is 2.77 bits per heavy atom. The SMILES string of the molecule is CC1(O)CCN([C@H]2CC[C@H](Nc3ncnc4ccc(C#N)cc34)CC2)C1. The van der Waals surface area contributed by atoms with Gasteiger partial charge in [-0.25, -0.2) is 9.97 Å². The van der Waals surface area contributed by atoms with Crippen molar-refractivity contribution in [3.63, 3.8) is 0 Å². The van der Waals surface area contributed by atoms with Gasteiger partial charge in [0, 0.05) is 30.6 Å². The van der Waals surface area contributed by atoms with Crippen molar-refractivity contribution in [3.8, 4) is 6.07 Å². The summed E-state index contributed by atoms with van der Waals surface area (Å²) in [6, 6.07) is 8.67. The van der Waals surface area contributed by atoms with Crippen LogP contribution < -0.4 is 5.32 Å². The molecule has 1 aromatic heterocycles. The van der Waals surface area contributed by atoms with E-state index < -0.39 is 5.60 Å². The second-order valence-electron chi connectivity index (χ2n) is 7.93. The monoisotopic (exact) mass is 351 g/mol. The van der Waals surface area contributed by atoms with Gasteiger partial charge in [0.2, 0.25) is 0 Å². The van der Waals surface area contributed by atoms with E-state index in [2.05, 4.69) is 26.3 Å². The molecule has 2 N–H and O–H groups in total. The molecule has 1 aliphatic carbocycles. The molecule has 1 saturated carbocycles. The van der Waals surface area contributed by atoms with Crippen molar-refractivity contribution >= 4 is 16.7 Å². The van der Waals surface area contributed by atoms with Crippen LogP contribution in [-0.4, -0.2) is 50.7 Å². The van der Waals surface area contributed by atoms with E-state index in [0.717, 1.165) is 61.9 Å². The van der Waals surface area contributed by atoms with Crippen molar-refractivity contribution in [1.29, 1.82) is 5.26 Å². The molecule has 2 heterocycles. The van der Waals surface area contributed by atoms with Crippen LogP contribution in [0.5, 0.6) is 0 Å². The molecule has 136 valence electrons. The lowest BCUT2D eigenvalue weighted by Crippen LogP contribution is -2.41. The minimum Gasteiger partial charge on any atom is -0.389 e. The molecule has 1 unspecified atom stereocenters. The molecule has 1 atom stereocenters. The van der Waals surface area contributed by atoms with E-state index in [1.165, 1.54) is 0 Å². The Labute approximate surface area is 153 Å². The van der Waals surface area contributed by atoms with Crippen molar-refractivity contribution in [2.75, 3.05) is 18.4 Å². The molecule has 0 amide bonds. The summed E-state index contributed by atoms with van der Waals surface area (Å²) >= 11 is 0. The van der Waals surface area contributed by atoms with Crippen LogP contribution in [0.1, 0.15) is 44.6 Å². The third-order valence-corrected chi connectivity index (χ3v) is 5.80. The number of benzene rings is 1. The molecule has 0 spiro atoms. The summed E-state index contributed by atoms with van der Waals surface area (Å²) in [5, 5.41) is 23.8. The molecule has 1 saturated heterocycles. The molecule has 1 aliphatic heterocycles. The maximum atomic E-state index is 10.2. The van der Waals surface area contributed by atoms with Gasteiger partial charge < -0.3 is 10.4 Å². The summed E-state index contributed by atoms with van der Waals surface area (Å²) in [6.07, 6.45) is 6.91. The zero-order valence-electron chi connectivity index (χ0n) is 15.1. The number of aliphatic hydroxyl groups is 1. The van der Waals surface area contributed by atoms with Crippen LogP contribution >= 0.6 is 0 Å². The topological polar surface area (TPSA) is 85.1 Å². The molecule has 1 aromatic carbocycles. The van der Waals surface area contributed by atoms with E-state index in [1.54, 1.807) is 12.4 Å². The van der Waals surface area contributed by atoms with E-state index >= 15 is 0 Å². The molecule has 2 aliphatic rings. The lowest BCUT2D eigenvalue weighted by molar-refractivity contribution is 0.0578. The molecular weight excluding hydrogens is 326 g/mol. The van der Waals surface area contributed by atoms with Crippen LogP contribution in [0.4, 0.5) is 5.82 Å². The lowest BCUT2D eigenvalue weighted by Gasteiger charge is -2.35. The van der Waals surface area contributed by atoms with Gasteiger partial charge in [0.15, 0.2) is 0 Å². The summed E-state index contributed by atoms with van der Waals surface area (Å²) in [7, 11) is 0. The quantitative estimate of drug-likeness (QED) is 0.884. The number of likely N-dealkylation sites (tertiary alicyclic amines) is 1. The molecule has 0 radical (unpaired) electrons. The lowest BCUT2D eigenvalue weighted by atomic mass is 9.90. The van der Waals surface area contributed by atoms with Gasteiger partial charge in [0.1, 0.15) is 12.1 Å². The molecular formula is C20H25N5O. The Kier molecular flexibility index (Phi) is 4.51. The smallest absolute Gasteiger partial charge is 0.137 e. The van der Waals surface area contributed by atoms with E-state index in [1.807, 2.05) is 19.1 Å². The highest BCUT2D eigenvalue weighted by molar-refractivity contribution is 5.89. The highest BCUT2D eigenvalue weighted by atomic mass is 16.3. The fraction of sp³-hybridized carbons (Fsp3) is 0.550. The van der Waals surface area contributed by atoms with E-state index in [0.29, 0.717) is 17.6 Å². The summed E-state index contributed by atoms with van der Waals surface area (Å²) in [5.74, 6) is 0.819. The van der Waals surface area contributed by atoms with Crippen LogP contribution in [0.3, 0.4) is 0 Å². The number of nitriles is 1. The van der Waals surface area contributed by atoms with Gasteiger partial charge in [-0.1, -0.05) is 0 Å². The number of nitrogens with one attached hydrogen (secondary N) is 1. The Balaban J connectivity index is 1.42. The number of aromatic nitrogens is 2. The van der Waals surface area contributed by atoms with Gasteiger partial charge in [-0.3, -0.25) is 4.90 Å². The number of β-amino-alcohol motifs (C(OH)–C–C–N with tert-alkyl or cyclic N) is 1. The normalized spacial score (nSPS) is 29.6. The standard InChI is InChI=1S/C20H25N5O/c1-20(26)8-9-25(12-20)16-5-3-15(4-6-16)24-19-17-10-14(11-21)2-7-18(17)22-13-23-19/h2,7,10,13,15-16,26H,3-6,8-9,12H2,1H3,(H,22,23,24)/t15-,16-,20?. The molecule has 2 aromatic rings. The van der Waals surface area contributed by atoms with Crippen LogP contribution in [0.25, 0.3) is 10.9 Å². The van der Waals surface area contributed by atoms with Gasteiger partial charge in [-0.05, 0) is 57.2 Å². The average Bonchev–Trinajstić information content (AvgIpc) is 3.02. The highest BCUT2D eigenvalue weighted by Gasteiger charge is 2.36. The van der Waals surface area contributed by atoms with Crippen molar-refractivity contribution in [2.24, 2.45) is 0 Å². The summed E-state index contributed by atoms with van der Waals surface area (Å²) < 4.78 is 0. The predicted molar refractivity (Wildman–Crippen MR) is 101 cm³/mol. The first-order valence-electron chi connectivity index (χ1n) is 9.42. The van der Waals surface area contributed by atoms with Crippen molar-refractivity contribution in [1.82, 2.24) is 14.9 Å². The van der Waals surface area contributed by atoms with Gasteiger partial charge in [0.25, 0.3) is 0 Å². The van der Waals surface area contributed by atoms with E-state index in [9.17, 15) is 5.11 Å². The van der Waals surface area contributed by atoms with E-state index in [-0.39, 0.29) is 0 Å². The molecule has 6 heteroatoms. The molecule has 26 heavy (non-hydrogen) atoms. The predicted octanol–water partition coefficient (Wildman–Crippen LogP) is 2.68. The molecule has 2 fully saturated rings. The molecule has 0 bridgehead atoms. The largest absolute Gasteiger partial charge is 0.389 e. The number of anilines is 1. The third kappa shape index (κ3) is 3.50. The van der Waals surface area contributed by atoms with Crippen LogP contribution in [0.15, 0.2) is 24.5 Å². The van der Waals surface area contributed by atoms with Crippen LogP contribution in [0, 0.1) is 11.3 Å². The van der Waals surface area contributed by atoms with Crippen LogP contribution in [0.2, 0.25) is 0 Å². The minimum absolute atomic E-state index is 0.387. The summed E-state index contributed by atoms with van der Waals surface area (Å²) in [4.78, 5) is 11.2. The second kappa shape index (κ2) is 6.82. The maximum absolute atomic E-state index is 10.2. The fourth-order valence-corrected chi connectivity index (χ4v) is 4.31. The number of nitrogens with zero attached hydrogens (tertiary/aromatic N) is 4. The van der Waals surface area contributed by atoms with Gasteiger partial charge in [-0.15, -0.1) is 0 Å². The average molecular weight is 351 g/mol. The first-order valence-corrected chi connectivity index (χ1v) is 9.42. The number of hydrogen-bond acceptors (Lipinski definition) is 6. The van der Waals surface area contributed by atoms with Crippen molar-refractivity contribution in [2.45, 2.75) is 56.7 Å². The second-order valence-corrected chi connectivity index (χ2v) is 7.93. The molecule has 4 rings (SSSR count). The Morgan fingerprint density at radius 1 is 1.27 bits per heavy atom. The first-order chi connectivity index (χ1) is 12.5. The number of hydrogen-bond donors (Lipinski definition) is 2. The summed E-state index contributed by atoms with van der Waals surface area (Å²) in [6.45, 7) is 3.74. The van der Waals surface area contributed by atoms with Crippen LogP contribution in [-0.2, 0) is 0 Å². The van der Waals surface area contributed by atoms with E-state index in [4.69, 9.17) is 5.26 Å². The number of fused-ring (bicyclic) bond motifs is 1. The third-order valence-electron chi connectivity index (χ3n) is 5.80. The zero-order chi connectivity index (χ0) is 18.1. The number of rotatable bonds is 3. The highest BCUT2D eigenvalue weighted by Crippen LogP contribution is 2.31. The minimum atomic E-state index is -0.520. The Morgan fingerprint density at radius 2 is 2.08 bits per heavy atom. The first kappa shape index (κ1) is 17.2. The molecule has 6 nitrogen and oxygen atoms in total. The zero-order valence-corrected chi connectivity index (χ0v) is 15.1. The Bertz CT molecular complexity index is 836. The Hall–Kier alpha value is -2.23. The van der Waals surface area contributed by atoms with Gasteiger partial charge in [-0.2, -0.15) is 5.26 Å². The maximum Gasteiger partial charge on any atom is 0.137 e. The van der Waals surface area contributed by atoms with Crippen molar-refractivity contribution in [3.05, 3.63) is 30.1 Å². The van der Waals surface area contributed by atoms with Gasteiger partial charge >= 0.3 is 0 Å². The van der Waals surface area contributed by atoms with Gasteiger partial charge in [0.05, 0.1) is 22.8 Å².